The van der Waals surface area contributed by atoms with Crippen LogP contribution in [0.4, 0.5) is 5.88 Å². The Labute approximate surface area is 130 Å². The number of amides is 1. The van der Waals surface area contributed by atoms with Gasteiger partial charge in [-0.15, -0.1) is 11.8 Å². The van der Waals surface area contributed by atoms with E-state index in [2.05, 4.69) is 0 Å². The molecule has 2 aromatic rings. The van der Waals surface area contributed by atoms with Crippen molar-refractivity contribution in [3.8, 4) is 0 Å². The minimum atomic E-state index is -0.651. The second kappa shape index (κ2) is 6.27. The Morgan fingerprint density at radius 2 is 2.23 bits per heavy atom. The van der Waals surface area contributed by atoms with Gasteiger partial charge in [0, 0.05) is 18.8 Å². The van der Waals surface area contributed by atoms with E-state index < -0.39 is 10.8 Å². The zero-order chi connectivity index (χ0) is 15.5. The molecule has 1 saturated heterocycles. The summed E-state index contributed by atoms with van der Waals surface area (Å²) < 4.78 is 10.4. The van der Waals surface area contributed by atoms with Gasteiger partial charge in [-0.1, -0.05) is 0 Å². The number of hydrogen-bond donors (Lipinski definition) is 0. The Balaban J connectivity index is 1.67. The van der Waals surface area contributed by atoms with Gasteiger partial charge in [-0.25, -0.2) is 0 Å². The van der Waals surface area contributed by atoms with Gasteiger partial charge in [-0.2, -0.15) is 0 Å². The minimum Gasteiger partial charge on any atom is -0.468 e. The van der Waals surface area contributed by atoms with E-state index in [9.17, 15) is 14.9 Å². The summed E-state index contributed by atoms with van der Waals surface area (Å²) in [5.74, 6) is 0.968. The van der Waals surface area contributed by atoms with Crippen molar-refractivity contribution in [3.63, 3.8) is 0 Å². The summed E-state index contributed by atoms with van der Waals surface area (Å²) in [5.41, 5.74) is 0. The maximum Gasteiger partial charge on any atom is 0.433 e. The van der Waals surface area contributed by atoms with Crippen molar-refractivity contribution in [3.05, 3.63) is 52.2 Å². The number of carbonyl (C=O) groups is 1. The van der Waals surface area contributed by atoms with Crippen molar-refractivity contribution in [2.75, 3.05) is 18.8 Å². The number of nitro groups is 1. The predicted octanol–water partition coefficient (Wildman–Crippen LogP) is 3.10. The lowest BCUT2D eigenvalue weighted by Gasteiger charge is -2.18. The van der Waals surface area contributed by atoms with Crippen molar-refractivity contribution in [2.24, 2.45) is 0 Å². The van der Waals surface area contributed by atoms with Gasteiger partial charge >= 0.3 is 5.88 Å². The van der Waals surface area contributed by atoms with Crippen LogP contribution < -0.4 is 0 Å². The number of thioether (sulfide) groups is 1. The van der Waals surface area contributed by atoms with Crippen LogP contribution in [0.15, 0.2) is 39.4 Å². The van der Waals surface area contributed by atoms with Crippen molar-refractivity contribution < 1.29 is 18.6 Å². The van der Waals surface area contributed by atoms with Crippen LogP contribution in [-0.4, -0.2) is 34.6 Å². The summed E-state index contributed by atoms with van der Waals surface area (Å²) >= 11 is 1.74. The van der Waals surface area contributed by atoms with Crippen LogP contribution in [0.1, 0.15) is 28.0 Å². The lowest BCUT2D eigenvalue weighted by Crippen LogP contribution is -2.32. The fourth-order valence-electron chi connectivity index (χ4n) is 2.37. The van der Waals surface area contributed by atoms with Gasteiger partial charge in [0.2, 0.25) is 0 Å². The van der Waals surface area contributed by atoms with Crippen LogP contribution in [-0.2, 0) is 0 Å². The Hall–Kier alpha value is -2.22. The molecule has 0 saturated carbocycles. The Bertz CT molecular complexity index is 667. The molecule has 116 valence electrons. The van der Waals surface area contributed by atoms with Gasteiger partial charge in [0.05, 0.1) is 17.6 Å². The molecule has 0 aromatic carbocycles. The fraction of sp³-hybridized carbons (Fsp3) is 0.357. The van der Waals surface area contributed by atoms with Gasteiger partial charge in [0.15, 0.2) is 5.76 Å². The highest BCUT2D eigenvalue weighted by Gasteiger charge is 2.26. The summed E-state index contributed by atoms with van der Waals surface area (Å²) in [7, 11) is 0. The molecule has 1 aliphatic rings. The molecule has 1 atom stereocenters. The first-order valence-electron chi connectivity index (χ1n) is 6.83. The molecule has 1 unspecified atom stereocenters. The van der Waals surface area contributed by atoms with Crippen molar-refractivity contribution >= 4 is 23.6 Å². The van der Waals surface area contributed by atoms with Crippen molar-refractivity contribution in [1.29, 1.82) is 0 Å². The van der Waals surface area contributed by atoms with E-state index >= 15 is 0 Å². The van der Waals surface area contributed by atoms with E-state index in [0.717, 1.165) is 17.9 Å². The summed E-state index contributed by atoms with van der Waals surface area (Å²) in [6.45, 7) is 1.14. The molecule has 3 rings (SSSR count). The second-order valence-corrected chi connectivity index (χ2v) is 6.16. The Morgan fingerprint density at radius 1 is 1.36 bits per heavy atom. The van der Waals surface area contributed by atoms with E-state index in [1.54, 1.807) is 22.9 Å². The monoisotopic (exact) mass is 322 g/mol. The van der Waals surface area contributed by atoms with Crippen LogP contribution in [0, 0.1) is 10.1 Å². The van der Waals surface area contributed by atoms with Crippen LogP contribution in [0.2, 0.25) is 0 Å². The highest BCUT2D eigenvalue weighted by atomic mass is 32.2. The summed E-state index contributed by atoms with van der Waals surface area (Å²) in [6.07, 6.45) is 2.42. The number of carbonyl (C=O) groups excluding carboxylic acids is 1. The maximum atomic E-state index is 12.4. The van der Waals surface area contributed by atoms with Crippen LogP contribution in [0.5, 0.6) is 0 Å². The number of hydrogen-bond acceptors (Lipinski definition) is 6. The van der Waals surface area contributed by atoms with Gasteiger partial charge in [-0.05, 0) is 24.6 Å². The second-order valence-electron chi connectivity index (χ2n) is 4.85. The first-order valence-corrected chi connectivity index (χ1v) is 7.88. The van der Waals surface area contributed by atoms with Crippen LogP contribution in [0.3, 0.4) is 0 Å². The van der Waals surface area contributed by atoms with Gasteiger partial charge in [0.25, 0.3) is 5.91 Å². The first-order chi connectivity index (χ1) is 10.6. The molecular formula is C14H14N2O5S. The quantitative estimate of drug-likeness (QED) is 0.637. The highest BCUT2D eigenvalue weighted by molar-refractivity contribution is 7.99. The van der Waals surface area contributed by atoms with E-state index in [1.807, 2.05) is 12.1 Å². The Kier molecular flexibility index (Phi) is 4.19. The van der Waals surface area contributed by atoms with E-state index in [4.69, 9.17) is 8.83 Å². The van der Waals surface area contributed by atoms with Crippen LogP contribution >= 0.6 is 11.8 Å². The number of furan rings is 2. The van der Waals surface area contributed by atoms with Crippen LogP contribution in [0.25, 0.3) is 0 Å². The standard InChI is InChI=1S/C14H14N2O5S/c17-14(11-3-4-13(21-11)16(18)19)15-6-5-12(22-9-7-15)10-2-1-8-20-10/h1-4,8,12H,5-7,9H2. The van der Waals surface area contributed by atoms with E-state index in [-0.39, 0.29) is 16.9 Å². The third-order valence-electron chi connectivity index (χ3n) is 3.47. The van der Waals surface area contributed by atoms with Crippen molar-refractivity contribution in [1.82, 2.24) is 4.90 Å². The molecule has 1 fully saturated rings. The van der Waals surface area contributed by atoms with Gasteiger partial charge < -0.3 is 13.7 Å². The lowest BCUT2D eigenvalue weighted by molar-refractivity contribution is -0.402. The summed E-state index contributed by atoms with van der Waals surface area (Å²) in [6, 6.07) is 6.34. The molecule has 22 heavy (non-hydrogen) atoms. The highest BCUT2D eigenvalue weighted by Crippen LogP contribution is 2.34. The smallest absolute Gasteiger partial charge is 0.433 e. The average Bonchev–Trinajstić information content (AvgIpc) is 3.14. The molecular weight excluding hydrogens is 308 g/mol. The molecule has 0 radical (unpaired) electrons. The topological polar surface area (TPSA) is 89.7 Å². The zero-order valence-electron chi connectivity index (χ0n) is 11.6. The molecule has 3 heterocycles. The molecule has 2 aromatic heterocycles. The molecule has 8 heteroatoms. The molecule has 0 spiro atoms. The summed E-state index contributed by atoms with van der Waals surface area (Å²) in [5, 5.41) is 10.8. The first kappa shape index (κ1) is 14.7. The number of nitrogens with zero attached hydrogens (tertiary/aromatic N) is 2. The predicted molar refractivity (Wildman–Crippen MR) is 79.8 cm³/mol. The summed E-state index contributed by atoms with van der Waals surface area (Å²) in [4.78, 5) is 24.0. The van der Waals surface area contributed by atoms with Gasteiger partial charge in [0.1, 0.15) is 10.7 Å². The van der Waals surface area contributed by atoms with Gasteiger partial charge in [-0.3, -0.25) is 14.9 Å². The average molecular weight is 322 g/mol. The molecule has 0 bridgehead atoms. The van der Waals surface area contributed by atoms with E-state index in [1.165, 1.54) is 12.1 Å². The zero-order valence-corrected chi connectivity index (χ0v) is 12.5. The fourth-order valence-corrected chi connectivity index (χ4v) is 3.55. The van der Waals surface area contributed by atoms with Crippen molar-refractivity contribution in [2.45, 2.75) is 11.7 Å². The third-order valence-corrected chi connectivity index (χ3v) is 4.76. The molecule has 1 aliphatic heterocycles. The Morgan fingerprint density at radius 3 is 2.91 bits per heavy atom. The molecule has 7 nitrogen and oxygen atoms in total. The minimum absolute atomic E-state index is 0.00755. The normalized spacial score (nSPS) is 18.9. The SMILES string of the molecule is O=C(c1ccc([N+](=O)[O-])o1)N1CCSC(c2ccco2)CC1. The lowest BCUT2D eigenvalue weighted by atomic mass is 10.2. The largest absolute Gasteiger partial charge is 0.468 e. The maximum absolute atomic E-state index is 12.4. The molecule has 1 amide bonds. The number of rotatable bonds is 3. The van der Waals surface area contributed by atoms with E-state index in [0.29, 0.717) is 13.1 Å². The molecule has 0 aliphatic carbocycles. The third kappa shape index (κ3) is 3.01. The molecule has 0 N–H and O–H groups in total.